The summed E-state index contributed by atoms with van der Waals surface area (Å²) >= 11 is 0. The van der Waals surface area contributed by atoms with E-state index in [-0.39, 0.29) is 30.8 Å². The highest BCUT2D eigenvalue weighted by atomic mass is 19.4. The minimum atomic E-state index is -4.30. The number of nitrogens with one attached hydrogen (secondary N) is 1. The number of phenols is 1. The molecule has 0 radical (unpaired) electrons. The number of fused-ring (bicyclic) bond motifs is 1. The topological polar surface area (TPSA) is 69.6 Å². The third-order valence-electron chi connectivity index (χ3n) is 6.18. The van der Waals surface area contributed by atoms with Crippen LogP contribution in [0.5, 0.6) is 5.75 Å². The fourth-order valence-corrected chi connectivity index (χ4v) is 4.45. The summed E-state index contributed by atoms with van der Waals surface area (Å²) < 4.78 is 37.5. The van der Waals surface area contributed by atoms with Crippen LogP contribution in [0.1, 0.15) is 45.9 Å². The summed E-state index contributed by atoms with van der Waals surface area (Å²) in [5, 5.41) is 12.7. The first-order chi connectivity index (χ1) is 16.7. The highest BCUT2D eigenvalue weighted by Crippen LogP contribution is 2.40. The molecule has 2 amide bonds. The van der Waals surface area contributed by atoms with Gasteiger partial charge in [0.05, 0.1) is 5.56 Å². The van der Waals surface area contributed by atoms with Crippen LogP contribution in [-0.2, 0) is 11.3 Å². The summed E-state index contributed by atoms with van der Waals surface area (Å²) in [6, 6.07) is 19.1. The largest absolute Gasteiger partial charge is 0.508 e. The number of hydrogen-bond acceptors (Lipinski definition) is 3. The molecule has 0 bridgehead atoms. The van der Waals surface area contributed by atoms with Crippen molar-refractivity contribution < 1.29 is 27.9 Å². The predicted molar refractivity (Wildman–Crippen MR) is 126 cm³/mol. The van der Waals surface area contributed by atoms with Crippen molar-refractivity contribution in [2.45, 2.75) is 38.5 Å². The average molecular weight is 483 g/mol. The second kappa shape index (κ2) is 9.82. The molecule has 182 valence electrons. The molecule has 0 saturated carbocycles. The molecule has 1 aliphatic heterocycles. The van der Waals surface area contributed by atoms with Crippen molar-refractivity contribution in [3.8, 4) is 16.9 Å². The molecule has 0 fully saturated rings. The molecule has 0 aromatic heterocycles. The summed E-state index contributed by atoms with van der Waals surface area (Å²) in [7, 11) is 0. The zero-order valence-corrected chi connectivity index (χ0v) is 19.1. The molecule has 1 aliphatic rings. The van der Waals surface area contributed by atoms with Crippen LogP contribution in [-0.4, -0.2) is 34.5 Å². The van der Waals surface area contributed by atoms with Gasteiger partial charge in [-0.15, -0.1) is 0 Å². The maximum Gasteiger partial charge on any atom is 0.389 e. The number of aromatic hydroxyl groups is 1. The third kappa shape index (κ3) is 5.16. The van der Waals surface area contributed by atoms with E-state index in [1.54, 1.807) is 6.92 Å². The van der Waals surface area contributed by atoms with Crippen LogP contribution in [0.2, 0.25) is 0 Å². The number of nitrogens with zero attached hydrogens (tertiary/aromatic N) is 1. The van der Waals surface area contributed by atoms with E-state index >= 15 is 0 Å². The number of carbonyl (C=O) groups is 2. The molecule has 1 atom stereocenters. The zero-order valence-electron chi connectivity index (χ0n) is 19.1. The number of phenolic OH excluding ortho intramolecular Hbond substituents is 1. The minimum absolute atomic E-state index is 0.0621. The van der Waals surface area contributed by atoms with Crippen LogP contribution < -0.4 is 5.32 Å². The first kappa shape index (κ1) is 24.3. The third-order valence-corrected chi connectivity index (χ3v) is 6.18. The molecular weight excluding hydrogens is 457 g/mol. The van der Waals surface area contributed by atoms with Crippen LogP contribution in [0.25, 0.3) is 11.1 Å². The first-order valence-corrected chi connectivity index (χ1v) is 11.3. The fourth-order valence-electron chi connectivity index (χ4n) is 4.45. The van der Waals surface area contributed by atoms with Gasteiger partial charge in [-0.25, -0.2) is 0 Å². The van der Waals surface area contributed by atoms with Crippen molar-refractivity contribution in [1.82, 2.24) is 10.2 Å². The van der Waals surface area contributed by atoms with Crippen molar-refractivity contribution in [2.24, 2.45) is 0 Å². The Kier molecular flexibility index (Phi) is 6.82. The number of hydrogen-bond donors (Lipinski definition) is 2. The Balaban J connectivity index is 1.66. The SMILES string of the molecule is Cc1c(O)ccc2c1C(=O)N(Cc1ccccc1-c1ccccc1)C2C(=O)NCCCC(F)(F)F. The van der Waals surface area contributed by atoms with E-state index in [2.05, 4.69) is 5.32 Å². The average Bonchev–Trinajstić information content (AvgIpc) is 3.11. The van der Waals surface area contributed by atoms with Crippen molar-refractivity contribution in [3.05, 3.63) is 89.0 Å². The predicted octanol–water partition coefficient (Wildman–Crippen LogP) is 5.52. The lowest BCUT2D eigenvalue weighted by molar-refractivity contribution is -0.136. The monoisotopic (exact) mass is 482 g/mol. The van der Waals surface area contributed by atoms with Crippen LogP contribution in [0, 0.1) is 6.92 Å². The zero-order chi connectivity index (χ0) is 25.2. The summed E-state index contributed by atoms with van der Waals surface area (Å²) in [6.45, 7) is 1.55. The molecule has 8 heteroatoms. The van der Waals surface area contributed by atoms with Crippen LogP contribution in [0.4, 0.5) is 13.2 Å². The highest BCUT2D eigenvalue weighted by Gasteiger charge is 2.42. The number of rotatable bonds is 7. The van der Waals surface area contributed by atoms with Gasteiger partial charge in [-0.2, -0.15) is 13.2 Å². The molecular formula is C27H25F3N2O3. The molecule has 0 spiro atoms. The van der Waals surface area contributed by atoms with E-state index < -0.39 is 30.5 Å². The molecule has 0 aliphatic carbocycles. The first-order valence-electron chi connectivity index (χ1n) is 11.3. The van der Waals surface area contributed by atoms with Gasteiger partial charge in [-0.1, -0.05) is 60.7 Å². The maximum absolute atomic E-state index is 13.5. The smallest absolute Gasteiger partial charge is 0.389 e. The second-order valence-electron chi connectivity index (χ2n) is 8.54. The standard InChI is InChI=1S/C27H25F3N2O3/c1-17-22(33)13-12-21-23(17)26(35)32(24(21)25(34)31-15-7-14-27(28,29)30)16-19-10-5-6-11-20(19)18-8-3-2-4-9-18/h2-6,8-13,24,33H,7,14-16H2,1H3,(H,31,34). The van der Waals surface area contributed by atoms with Gasteiger partial charge < -0.3 is 15.3 Å². The second-order valence-corrected chi connectivity index (χ2v) is 8.54. The number of alkyl halides is 3. The fraction of sp³-hybridized carbons (Fsp3) is 0.259. The lowest BCUT2D eigenvalue weighted by atomic mass is 9.98. The summed E-state index contributed by atoms with van der Waals surface area (Å²) in [5.41, 5.74) is 3.71. The summed E-state index contributed by atoms with van der Waals surface area (Å²) in [6.07, 6.45) is -5.56. The number of amides is 2. The van der Waals surface area contributed by atoms with E-state index in [9.17, 15) is 27.9 Å². The molecule has 1 unspecified atom stereocenters. The lowest BCUT2D eigenvalue weighted by Gasteiger charge is -2.26. The van der Waals surface area contributed by atoms with Gasteiger partial charge in [0, 0.05) is 25.1 Å². The number of halogens is 3. The van der Waals surface area contributed by atoms with Crippen molar-refractivity contribution in [3.63, 3.8) is 0 Å². The summed E-state index contributed by atoms with van der Waals surface area (Å²) in [5.74, 6) is -1.03. The molecule has 1 heterocycles. The maximum atomic E-state index is 13.5. The van der Waals surface area contributed by atoms with E-state index in [4.69, 9.17) is 0 Å². The normalized spacial score (nSPS) is 15.3. The van der Waals surface area contributed by atoms with E-state index in [1.807, 2.05) is 54.6 Å². The van der Waals surface area contributed by atoms with Crippen LogP contribution in [0.3, 0.4) is 0 Å². The Morgan fingerprint density at radius 3 is 2.43 bits per heavy atom. The van der Waals surface area contributed by atoms with Gasteiger partial charge in [0.1, 0.15) is 11.8 Å². The van der Waals surface area contributed by atoms with Crippen LogP contribution >= 0.6 is 0 Å². The Hall–Kier alpha value is -3.81. The lowest BCUT2D eigenvalue weighted by Crippen LogP contribution is -2.39. The molecule has 3 aromatic rings. The molecule has 4 rings (SSSR count). The Labute approximate surface area is 201 Å². The van der Waals surface area contributed by atoms with Gasteiger partial charge in [0.15, 0.2) is 0 Å². The molecule has 35 heavy (non-hydrogen) atoms. The highest BCUT2D eigenvalue weighted by molar-refractivity contribution is 6.06. The van der Waals surface area contributed by atoms with Gasteiger partial charge in [0.25, 0.3) is 5.91 Å². The quantitative estimate of drug-likeness (QED) is 0.436. The Morgan fingerprint density at radius 2 is 1.71 bits per heavy atom. The number of benzene rings is 3. The molecule has 3 aromatic carbocycles. The molecule has 5 nitrogen and oxygen atoms in total. The van der Waals surface area contributed by atoms with Gasteiger partial charge >= 0.3 is 6.18 Å². The van der Waals surface area contributed by atoms with Crippen molar-refractivity contribution in [2.75, 3.05) is 6.54 Å². The van der Waals surface area contributed by atoms with E-state index in [0.717, 1.165) is 16.7 Å². The minimum Gasteiger partial charge on any atom is -0.508 e. The van der Waals surface area contributed by atoms with Gasteiger partial charge in [-0.05, 0) is 41.7 Å². The number of carbonyl (C=O) groups excluding carboxylic acids is 2. The van der Waals surface area contributed by atoms with Gasteiger partial charge in [-0.3, -0.25) is 9.59 Å². The van der Waals surface area contributed by atoms with E-state index in [0.29, 0.717) is 11.1 Å². The Bertz CT molecular complexity index is 1240. The molecule has 0 saturated heterocycles. The van der Waals surface area contributed by atoms with Crippen LogP contribution in [0.15, 0.2) is 66.7 Å². The van der Waals surface area contributed by atoms with E-state index in [1.165, 1.54) is 17.0 Å². The van der Waals surface area contributed by atoms with Crippen molar-refractivity contribution in [1.29, 1.82) is 0 Å². The van der Waals surface area contributed by atoms with Gasteiger partial charge in [0.2, 0.25) is 5.91 Å². The Morgan fingerprint density at radius 1 is 1.03 bits per heavy atom. The molecule has 2 N–H and O–H groups in total. The van der Waals surface area contributed by atoms with Crippen molar-refractivity contribution >= 4 is 11.8 Å². The summed E-state index contributed by atoms with van der Waals surface area (Å²) in [4.78, 5) is 28.1.